The predicted molar refractivity (Wildman–Crippen MR) is 105 cm³/mol. The number of hydrazone groups is 1. The van der Waals surface area contributed by atoms with Crippen LogP contribution in [-0.4, -0.2) is 62.6 Å². The van der Waals surface area contributed by atoms with Crippen LogP contribution in [0, 0.1) is 6.92 Å². The smallest absolute Gasteiger partial charge is 0.295 e. The minimum absolute atomic E-state index is 0.199. The molecule has 0 aliphatic carbocycles. The zero-order valence-electron chi connectivity index (χ0n) is 15.7. The number of carbonyl (C=O) groups is 1. The van der Waals surface area contributed by atoms with Crippen molar-refractivity contribution >= 4 is 22.1 Å². The monoisotopic (exact) mass is 402 g/mol. The van der Waals surface area contributed by atoms with Crippen molar-refractivity contribution < 1.29 is 18.1 Å². The highest BCUT2D eigenvalue weighted by Crippen LogP contribution is 2.16. The van der Waals surface area contributed by atoms with E-state index in [1.165, 1.54) is 4.31 Å². The van der Waals surface area contributed by atoms with Gasteiger partial charge in [0.1, 0.15) is 0 Å². The average Bonchev–Trinajstić information content (AvgIpc) is 2.69. The zero-order valence-corrected chi connectivity index (χ0v) is 16.5. The molecule has 1 aromatic heterocycles. The number of quaternary nitrogens is 1. The summed E-state index contributed by atoms with van der Waals surface area (Å²) >= 11 is 0. The maximum atomic E-state index is 12.7. The van der Waals surface area contributed by atoms with Crippen LogP contribution in [0.2, 0.25) is 0 Å². The number of amides is 1. The van der Waals surface area contributed by atoms with Crippen molar-refractivity contribution in [3.63, 3.8) is 0 Å². The Balaban J connectivity index is 1.48. The highest BCUT2D eigenvalue weighted by atomic mass is 32.2. The molecule has 8 nitrogen and oxygen atoms in total. The predicted octanol–water partition coefficient (Wildman–Crippen LogP) is -0.570. The molecule has 9 heteroatoms. The number of hydrogen-bond donors (Lipinski definition) is 2. The molecule has 148 valence electrons. The first-order chi connectivity index (χ1) is 13.4. The molecule has 1 saturated heterocycles. The van der Waals surface area contributed by atoms with Crippen LogP contribution in [0.15, 0.2) is 58.8 Å². The summed E-state index contributed by atoms with van der Waals surface area (Å²) in [6.07, 6.45) is 4.86. The van der Waals surface area contributed by atoms with Gasteiger partial charge in [0.05, 0.1) is 37.3 Å². The van der Waals surface area contributed by atoms with Crippen LogP contribution in [-0.2, 0) is 14.8 Å². The minimum Gasteiger partial charge on any atom is -0.325 e. The van der Waals surface area contributed by atoms with Gasteiger partial charge >= 0.3 is 0 Å². The molecule has 28 heavy (non-hydrogen) atoms. The lowest BCUT2D eigenvalue weighted by molar-refractivity contribution is -0.895. The van der Waals surface area contributed by atoms with Crippen molar-refractivity contribution in [1.29, 1.82) is 0 Å². The van der Waals surface area contributed by atoms with E-state index < -0.39 is 10.0 Å². The van der Waals surface area contributed by atoms with E-state index in [2.05, 4.69) is 15.5 Å². The lowest BCUT2D eigenvalue weighted by Crippen LogP contribution is -3.15. The third-order valence-corrected chi connectivity index (χ3v) is 6.52. The molecule has 1 amide bonds. The highest BCUT2D eigenvalue weighted by molar-refractivity contribution is 7.89. The molecule has 2 heterocycles. The van der Waals surface area contributed by atoms with E-state index in [9.17, 15) is 13.2 Å². The molecule has 1 aliphatic rings. The van der Waals surface area contributed by atoms with Crippen LogP contribution >= 0.6 is 0 Å². The Labute approximate surface area is 164 Å². The number of hydrogen-bond acceptors (Lipinski definition) is 5. The van der Waals surface area contributed by atoms with E-state index in [0.29, 0.717) is 31.1 Å². The Bertz CT molecular complexity index is 922. The molecule has 2 N–H and O–H groups in total. The molecule has 0 bridgehead atoms. The summed E-state index contributed by atoms with van der Waals surface area (Å²) in [5.41, 5.74) is 4.37. The Kier molecular flexibility index (Phi) is 6.50. The first-order valence-corrected chi connectivity index (χ1v) is 10.5. The third kappa shape index (κ3) is 5.22. The molecule has 3 rings (SSSR count). The van der Waals surface area contributed by atoms with Gasteiger partial charge < -0.3 is 4.90 Å². The van der Waals surface area contributed by atoms with Gasteiger partial charge in [0, 0.05) is 12.4 Å². The van der Waals surface area contributed by atoms with Gasteiger partial charge in [-0.2, -0.15) is 9.41 Å². The number of aryl methyl sites for hydroxylation is 1. The molecule has 0 atom stereocenters. The lowest BCUT2D eigenvalue weighted by Gasteiger charge is -2.31. The van der Waals surface area contributed by atoms with Gasteiger partial charge in [-0.25, -0.2) is 13.8 Å². The van der Waals surface area contributed by atoms with Crippen LogP contribution in [0.4, 0.5) is 0 Å². The van der Waals surface area contributed by atoms with E-state index in [4.69, 9.17) is 0 Å². The summed E-state index contributed by atoms with van der Waals surface area (Å²) in [5.74, 6) is -0.199. The standard InChI is InChI=1S/C19H23N5O3S/c1-16-2-4-18(5-3-16)28(26,27)24-12-10-23(11-13-24)15-19(25)22-21-14-17-6-8-20-9-7-17/h2-9,14H,10-13,15H2,1H3,(H,22,25)/p+1. The van der Waals surface area contributed by atoms with Crippen LogP contribution < -0.4 is 10.3 Å². The van der Waals surface area contributed by atoms with Crippen molar-refractivity contribution in [3.05, 3.63) is 59.9 Å². The van der Waals surface area contributed by atoms with Gasteiger partial charge in [-0.05, 0) is 36.8 Å². The Morgan fingerprint density at radius 2 is 1.82 bits per heavy atom. The second-order valence-corrected chi connectivity index (χ2v) is 8.66. The number of piperazine rings is 1. The fourth-order valence-electron chi connectivity index (χ4n) is 2.97. The topological polar surface area (TPSA) is 96.2 Å². The zero-order chi connectivity index (χ0) is 20.0. The summed E-state index contributed by atoms with van der Waals surface area (Å²) in [5, 5.41) is 3.94. The molecular formula is C19H24N5O3S+. The number of carbonyl (C=O) groups excluding carboxylic acids is 1. The molecule has 1 aromatic carbocycles. The van der Waals surface area contributed by atoms with Gasteiger partial charge in [-0.15, -0.1) is 0 Å². The summed E-state index contributed by atoms with van der Waals surface area (Å²) < 4.78 is 26.9. The molecule has 0 unspecified atom stereocenters. The lowest BCUT2D eigenvalue weighted by atomic mass is 10.2. The Morgan fingerprint density at radius 3 is 2.46 bits per heavy atom. The van der Waals surface area contributed by atoms with Crippen LogP contribution in [0.5, 0.6) is 0 Å². The maximum absolute atomic E-state index is 12.7. The number of pyridine rings is 1. The van der Waals surface area contributed by atoms with Crippen molar-refractivity contribution in [2.45, 2.75) is 11.8 Å². The summed E-state index contributed by atoms with van der Waals surface area (Å²) in [6, 6.07) is 10.4. The fraction of sp³-hybridized carbons (Fsp3) is 0.316. The molecular weight excluding hydrogens is 378 g/mol. The second kappa shape index (κ2) is 9.05. The van der Waals surface area contributed by atoms with Gasteiger partial charge in [0.2, 0.25) is 10.0 Å². The molecule has 1 aliphatic heterocycles. The number of nitrogens with one attached hydrogen (secondary N) is 2. The average molecular weight is 403 g/mol. The first-order valence-electron chi connectivity index (χ1n) is 9.07. The molecule has 0 spiro atoms. The first kappa shape index (κ1) is 20.1. The Hall–Kier alpha value is -2.62. The molecule has 1 fully saturated rings. The van der Waals surface area contributed by atoms with Gasteiger partial charge in [0.25, 0.3) is 5.91 Å². The molecule has 2 aromatic rings. The van der Waals surface area contributed by atoms with Crippen molar-refractivity contribution in [1.82, 2.24) is 14.7 Å². The van der Waals surface area contributed by atoms with Crippen molar-refractivity contribution in [3.8, 4) is 0 Å². The summed E-state index contributed by atoms with van der Waals surface area (Å²) in [6.45, 7) is 4.11. The Morgan fingerprint density at radius 1 is 1.18 bits per heavy atom. The fourth-order valence-corrected chi connectivity index (χ4v) is 4.42. The van der Waals surface area contributed by atoms with E-state index in [1.807, 2.05) is 6.92 Å². The number of rotatable bonds is 6. The van der Waals surface area contributed by atoms with Crippen LogP contribution in [0.3, 0.4) is 0 Å². The minimum atomic E-state index is -3.48. The van der Waals surface area contributed by atoms with Crippen LogP contribution in [0.25, 0.3) is 0 Å². The maximum Gasteiger partial charge on any atom is 0.295 e. The number of aromatic nitrogens is 1. The van der Waals surface area contributed by atoms with Crippen LogP contribution in [0.1, 0.15) is 11.1 Å². The van der Waals surface area contributed by atoms with E-state index in [-0.39, 0.29) is 12.5 Å². The van der Waals surface area contributed by atoms with E-state index in [1.54, 1.807) is 55.0 Å². The SMILES string of the molecule is Cc1ccc(S(=O)(=O)N2CC[NH+](CC(=O)NN=Cc3ccncc3)CC2)cc1. The van der Waals surface area contributed by atoms with E-state index >= 15 is 0 Å². The number of benzene rings is 1. The molecule has 0 radical (unpaired) electrons. The second-order valence-electron chi connectivity index (χ2n) is 6.72. The third-order valence-electron chi connectivity index (χ3n) is 4.61. The largest absolute Gasteiger partial charge is 0.325 e. The summed E-state index contributed by atoms with van der Waals surface area (Å²) in [4.78, 5) is 17.3. The normalized spacial score (nSPS) is 16.3. The van der Waals surface area contributed by atoms with Crippen molar-refractivity contribution in [2.24, 2.45) is 5.10 Å². The highest BCUT2D eigenvalue weighted by Gasteiger charge is 2.30. The molecule has 0 saturated carbocycles. The summed E-state index contributed by atoms with van der Waals surface area (Å²) in [7, 11) is -3.48. The number of sulfonamides is 1. The quantitative estimate of drug-likeness (QED) is 0.500. The van der Waals surface area contributed by atoms with Gasteiger partial charge in [-0.1, -0.05) is 17.7 Å². The van der Waals surface area contributed by atoms with Gasteiger partial charge in [-0.3, -0.25) is 9.78 Å². The number of nitrogens with zero attached hydrogens (tertiary/aromatic N) is 3. The van der Waals surface area contributed by atoms with Crippen molar-refractivity contribution in [2.75, 3.05) is 32.7 Å². The van der Waals surface area contributed by atoms with E-state index in [0.717, 1.165) is 16.0 Å². The van der Waals surface area contributed by atoms with Gasteiger partial charge in [0.15, 0.2) is 6.54 Å².